The number of ketones is 1. The van der Waals surface area contributed by atoms with Gasteiger partial charge in [0.1, 0.15) is 0 Å². The molecule has 1 aliphatic heterocycles. The van der Waals surface area contributed by atoms with E-state index in [1.807, 2.05) is 6.92 Å². The first-order chi connectivity index (χ1) is 7.10. The van der Waals surface area contributed by atoms with Crippen LogP contribution in [0.5, 0.6) is 0 Å². The zero-order valence-electron chi connectivity index (χ0n) is 8.99. The molecule has 1 fully saturated rings. The fraction of sp³-hybridized carbons (Fsp3) is 0.700. The number of rotatable bonds is 5. The fourth-order valence-electron chi connectivity index (χ4n) is 1.44. The van der Waals surface area contributed by atoms with Crippen LogP contribution in [-0.4, -0.2) is 40.0 Å². The Morgan fingerprint density at radius 2 is 2.13 bits per heavy atom. The van der Waals surface area contributed by atoms with Gasteiger partial charge < -0.3 is 0 Å². The van der Waals surface area contributed by atoms with Gasteiger partial charge in [-0.1, -0.05) is 13.8 Å². The minimum Gasteiger partial charge on any atom is -0.298 e. The first-order valence-electron chi connectivity index (χ1n) is 5.07. The molecule has 1 atom stereocenters. The Hall–Kier alpha value is -0.840. The largest absolute Gasteiger partial charge is 0.298 e. The summed E-state index contributed by atoms with van der Waals surface area (Å²) in [5.41, 5.74) is 0. The van der Waals surface area contributed by atoms with E-state index in [4.69, 9.17) is 0 Å². The minimum atomic E-state index is -0.271. The molecular formula is C10H15NO3S. The van der Waals surface area contributed by atoms with E-state index < -0.39 is 0 Å². The molecule has 15 heavy (non-hydrogen) atoms. The second kappa shape index (κ2) is 5.30. The normalized spacial score (nSPS) is 21.2. The molecule has 4 nitrogen and oxygen atoms in total. The Morgan fingerprint density at radius 1 is 1.47 bits per heavy atom. The van der Waals surface area contributed by atoms with Crippen molar-refractivity contribution in [1.82, 2.24) is 4.90 Å². The lowest BCUT2D eigenvalue weighted by molar-refractivity contribution is -0.141. The third-order valence-electron chi connectivity index (χ3n) is 2.30. The highest BCUT2D eigenvalue weighted by Crippen LogP contribution is 2.24. The molecule has 1 saturated heterocycles. The van der Waals surface area contributed by atoms with Crippen molar-refractivity contribution in [3.8, 4) is 0 Å². The standard InChI is InChI=1S/C10H15NO3S/c1-3-7(12)6-11-9(13)5-8(10(11)14)15-4-2/h8H,3-6H2,1-2H3. The summed E-state index contributed by atoms with van der Waals surface area (Å²) in [6.45, 7) is 3.63. The predicted molar refractivity (Wildman–Crippen MR) is 58.6 cm³/mol. The second-order valence-corrected chi connectivity index (χ2v) is 4.84. The van der Waals surface area contributed by atoms with Crippen LogP contribution < -0.4 is 0 Å². The number of carbonyl (C=O) groups is 3. The molecule has 0 radical (unpaired) electrons. The van der Waals surface area contributed by atoms with Crippen molar-refractivity contribution in [2.45, 2.75) is 31.9 Å². The summed E-state index contributed by atoms with van der Waals surface area (Å²) in [6, 6.07) is 0. The molecule has 1 aliphatic rings. The van der Waals surface area contributed by atoms with Crippen molar-refractivity contribution in [2.24, 2.45) is 0 Å². The van der Waals surface area contributed by atoms with Gasteiger partial charge in [-0.05, 0) is 5.75 Å². The average Bonchev–Trinajstić information content (AvgIpc) is 2.46. The van der Waals surface area contributed by atoms with Crippen LogP contribution in [0.25, 0.3) is 0 Å². The maximum atomic E-state index is 11.7. The van der Waals surface area contributed by atoms with Crippen LogP contribution in [0.2, 0.25) is 0 Å². The summed E-state index contributed by atoms with van der Waals surface area (Å²) >= 11 is 1.47. The van der Waals surface area contributed by atoms with Crippen molar-refractivity contribution in [1.29, 1.82) is 0 Å². The summed E-state index contributed by atoms with van der Waals surface area (Å²) in [5.74, 6) is 0.319. The minimum absolute atomic E-state index is 0.0467. The van der Waals surface area contributed by atoms with Crippen molar-refractivity contribution in [3.63, 3.8) is 0 Å². The van der Waals surface area contributed by atoms with Crippen molar-refractivity contribution in [2.75, 3.05) is 12.3 Å². The second-order valence-electron chi connectivity index (χ2n) is 3.36. The van der Waals surface area contributed by atoms with E-state index in [-0.39, 0.29) is 35.8 Å². The predicted octanol–water partition coefficient (Wildman–Crippen LogP) is 0.846. The van der Waals surface area contributed by atoms with Gasteiger partial charge in [0.15, 0.2) is 5.78 Å². The zero-order chi connectivity index (χ0) is 11.4. The van der Waals surface area contributed by atoms with E-state index in [2.05, 4.69) is 0 Å². The zero-order valence-corrected chi connectivity index (χ0v) is 9.80. The Balaban J connectivity index is 2.62. The highest BCUT2D eigenvalue weighted by atomic mass is 32.2. The van der Waals surface area contributed by atoms with Crippen molar-refractivity contribution >= 4 is 29.4 Å². The molecule has 1 heterocycles. The average molecular weight is 229 g/mol. The van der Waals surface area contributed by atoms with Gasteiger partial charge in [0.25, 0.3) is 0 Å². The quantitative estimate of drug-likeness (QED) is 0.656. The Bertz CT molecular complexity index is 290. The molecule has 0 N–H and O–H groups in total. The first-order valence-corrected chi connectivity index (χ1v) is 6.12. The van der Waals surface area contributed by atoms with Crippen molar-refractivity contribution < 1.29 is 14.4 Å². The lowest BCUT2D eigenvalue weighted by Gasteiger charge is -2.12. The van der Waals surface area contributed by atoms with Crippen LogP contribution in [-0.2, 0) is 14.4 Å². The highest BCUT2D eigenvalue weighted by Gasteiger charge is 2.38. The molecule has 0 aromatic rings. The summed E-state index contributed by atoms with van der Waals surface area (Å²) in [6.07, 6.45) is 0.608. The molecule has 0 aromatic carbocycles. The number of imide groups is 1. The third-order valence-corrected chi connectivity index (χ3v) is 3.40. The molecule has 1 rings (SSSR count). The number of likely N-dealkylation sites (tertiary alicyclic amines) is 1. The van der Waals surface area contributed by atoms with Gasteiger partial charge in [-0.2, -0.15) is 0 Å². The van der Waals surface area contributed by atoms with E-state index in [0.717, 1.165) is 10.7 Å². The highest BCUT2D eigenvalue weighted by molar-refractivity contribution is 8.00. The molecule has 0 aromatic heterocycles. The van der Waals surface area contributed by atoms with Crippen LogP contribution in [0.3, 0.4) is 0 Å². The van der Waals surface area contributed by atoms with Crippen LogP contribution in [0, 0.1) is 0 Å². The summed E-state index contributed by atoms with van der Waals surface area (Å²) in [5, 5.41) is -0.271. The molecule has 5 heteroatoms. The van der Waals surface area contributed by atoms with Gasteiger partial charge in [-0.25, -0.2) is 0 Å². The van der Waals surface area contributed by atoms with E-state index in [1.165, 1.54) is 11.8 Å². The summed E-state index contributed by atoms with van der Waals surface area (Å²) < 4.78 is 0. The van der Waals surface area contributed by atoms with Gasteiger partial charge >= 0.3 is 0 Å². The lowest BCUT2D eigenvalue weighted by Crippen LogP contribution is -2.35. The van der Waals surface area contributed by atoms with Gasteiger partial charge in [-0.3, -0.25) is 19.3 Å². The Kier molecular flexibility index (Phi) is 4.32. The molecule has 0 spiro atoms. The molecule has 2 amide bonds. The maximum Gasteiger partial charge on any atom is 0.243 e. The summed E-state index contributed by atoms with van der Waals surface area (Å²) in [7, 11) is 0. The van der Waals surface area contributed by atoms with E-state index in [0.29, 0.717) is 6.42 Å². The van der Waals surface area contributed by atoms with Crippen LogP contribution in [0.15, 0.2) is 0 Å². The fourth-order valence-corrected chi connectivity index (χ4v) is 2.37. The number of nitrogens with zero attached hydrogens (tertiary/aromatic N) is 1. The first kappa shape index (κ1) is 12.2. The molecule has 0 aliphatic carbocycles. The molecule has 0 saturated carbocycles. The number of thioether (sulfide) groups is 1. The SMILES string of the molecule is CCSC1CC(=O)N(CC(=O)CC)C1=O. The van der Waals surface area contributed by atoms with Gasteiger partial charge in [0.2, 0.25) is 11.8 Å². The maximum absolute atomic E-state index is 11.7. The van der Waals surface area contributed by atoms with E-state index >= 15 is 0 Å². The van der Waals surface area contributed by atoms with Gasteiger partial charge in [0.05, 0.1) is 11.8 Å². The van der Waals surface area contributed by atoms with Gasteiger partial charge in [-0.15, -0.1) is 11.8 Å². The van der Waals surface area contributed by atoms with Crippen LogP contribution >= 0.6 is 11.8 Å². The third kappa shape index (κ3) is 2.81. The Morgan fingerprint density at radius 3 is 2.67 bits per heavy atom. The number of carbonyl (C=O) groups excluding carboxylic acids is 3. The van der Waals surface area contributed by atoms with E-state index in [1.54, 1.807) is 6.92 Å². The van der Waals surface area contributed by atoms with Crippen molar-refractivity contribution in [3.05, 3.63) is 0 Å². The van der Waals surface area contributed by atoms with E-state index in [9.17, 15) is 14.4 Å². The monoisotopic (exact) mass is 229 g/mol. The van der Waals surface area contributed by atoms with Gasteiger partial charge in [0, 0.05) is 12.8 Å². The van der Waals surface area contributed by atoms with Crippen LogP contribution in [0.4, 0.5) is 0 Å². The Labute approximate surface area is 93.4 Å². The number of hydrogen-bond acceptors (Lipinski definition) is 4. The molecule has 1 unspecified atom stereocenters. The number of Topliss-reactive ketones (excluding diaryl/α,β-unsaturated/α-hetero) is 1. The number of hydrogen-bond donors (Lipinski definition) is 0. The molecule has 0 bridgehead atoms. The molecule has 84 valence electrons. The van der Waals surface area contributed by atoms with Crippen LogP contribution in [0.1, 0.15) is 26.7 Å². The topological polar surface area (TPSA) is 54.5 Å². The molecular weight excluding hydrogens is 214 g/mol. The smallest absolute Gasteiger partial charge is 0.243 e. The number of amides is 2. The lowest BCUT2D eigenvalue weighted by atomic mass is 10.3. The summed E-state index contributed by atoms with van der Waals surface area (Å²) in [4.78, 5) is 35.4.